The van der Waals surface area contributed by atoms with E-state index < -0.39 is 82.0 Å². The number of aliphatic hydroxyl groups excluding tert-OH is 1. The molecule has 3 unspecified atom stereocenters. The molecule has 2 saturated heterocycles. The summed E-state index contributed by atoms with van der Waals surface area (Å²) in [6, 6.07) is 5.84. The number of piperidine rings is 1. The van der Waals surface area contributed by atoms with E-state index in [1.165, 1.54) is 14.0 Å². The number of rotatable bonds is 8. The molecule has 5 saturated carbocycles. The molecule has 2 amide bonds. The maximum absolute atomic E-state index is 14.0. The first-order valence-corrected chi connectivity index (χ1v) is 18.0. The molecule has 13 nitrogen and oxygen atoms in total. The zero-order chi connectivity index (χ0) is 35.7. The summed E-state index contributed by atoms with van der Waals surface area (Å²) in [6.45, 7) is 5.91. The number of hydrogen-bond acceptors (Lipinski definition) is 12. The van der Waals surface area contributed by atoms with Crippen molar-refractivity contribution in [2.75, 3.05) is 38.8 Å². The lowest BCUT2D eigenvalue weighted by atomic mass is 9.42. The standard InChI is InChI=1S/C37H48N2O11/c1-6-38-16-34(17-49-32(44)20-9-7-8-10-23(20)39-26(41)13-18(2)31(39)43)12-11-25(47-4)36-22-14-21-24(50-19(3)40)15-35(45,27(22)28(21)42)37(46,33(36)38)30(48-5)29(34)36/h7-10,18,21-22,24-25,27-30,33,42,45-46H,6,11-17H2,1-5H3/t18-,21+,22?,24-,25-,27?,28-,29?,30-,33+,34-,35+,36-,37-/m0/s1. The van der Waals surface area contributed by atoms with Crippen molar-refractivity contribution < 1.29 is 53.4 Å². The lowest BCUT2D eigenvalue weighted by Crippen LogP contribution is -2.82. The van der Waals surface area contributed by atoms with Gasteiger partial charge in [0, 0.05) is 75.0 Å². The van der Waals surface area contributed by atoms with Crippen molar-refractivity contribution >= 4 is 29.4 Å². The van der Waals surface area contributed by atoms with E-state index in [0.717, 1.165) is 4.90 Å². The highest BCUT2D eigenvalue weighted by atomic mass is 16.5. The fourth-order valence-corrected chi connectivity index (χ4v) is 13.0. The quantitative estimate of drug-likeness (QED) is 0.263. The minimum Gasteiger partial charge on any atom is -0.462 e. The number of nitrogens with zero attached hydrogens (tertiary/aromatic N) is 2. The molecule has 5 aliphatic carbocycles. The summed E-state index contributed by atoms with van der Waals surface area (Å²) < 4.78 is 24.7. The second kappa shape index (κ2) is 11.3. The van der Waals surface area contributed by atoms with E-state index in [0.29, 0.717) is 32.4 Å². The molecule has 2 aliphatic heterocycles. The lowest BCUT2D eigenvalue weighted by Gasteiger charge is -2.70. The largest absolute Gasteiger partial charge is 0.462 e. The zero-order valence-corrected chi connectivity index (χ0v) is 29.2. The highest BCUT2D eigenvalue weighted by molar-refractivity contribution is 6.22. The summed E-state index contributed by atoms with van der Waals surface area (Å²) in [4.78, 5) is 55.3. The summed E-state index contributed by atoms with van der Waals surface area (Å²) in [6.07, 6.45) is -1.47. The Morgan fingerprint density at radius 1 is 1.10 bits per heavy atom. The fourth-order valence-electron chi connectivity index (χ4n) is 13.0. The SMILES string of the molecule is CCN1C[C@]2(COC(=O)c3ccccc3N3C(=O)C[C@H](C)C3=O)CC[C@H](OC)[C@]34C5C[C@@H]6[C@@H](OC(C)=O)C[C@@](O)(C5[C@H]6O)[C@@](O)([C@H]13)[C@@H](OC)C24. The number of imide groups is 1. The van der Waals surface area contributed by atoms with Crippen LogP contribution in [0.4, 0.5) is 5.69 Å². The number of amides is 2. The van der Waals surface area contributed by atoms with Gasteiger partial charge in [0.15, 0.2) is 0 Å². The van der Waals surface area contributed by atoms with Gasteiger partial charge >= 0.3 is 11.9 Å². The summed E-state index contributed by atoms with van der Waals surface area (Å²) >= 11 is 0. The molecular formula is C37H48N2O11. The van der Waals surface area contributed by atoms with Crippen LogP contribution in [0.25, 0.3) is 0 Å². The molecule has 0 radical (unpaired) electrons. The molecule has 1 spiro atoms. The number of methoxy groups -OCH3 is 2. The van der Waals surface area contributed by atoms with Crippen LogP contribution in [0.1, 0.15) is 63.2 Å². The Morgan fingerprint density at radius 2 is 1.84 bits per heavy atom. The van der Waals surface area contributed by atoms with E-state index in [-0.39, 0.29) is 54.5 Å². The number of para-hydroxylation sites is 1. The first-order chi connectivity index (χ1) is 23.8. The molecule has 7 aliphatic rings. The zero-order valence-electron chi connectivity index (χ0n) is 29.2. The van der Waals surface area contributed by atoms with Gasteiger partial charge in [0.05, 0.1) is 42.2 Å². The smallest absolute Gasteiger partial charge is 0.340 e. The number of likely N-dealkylation sites (tertiary alicyclic amines) is 1. The molecule has 0 aromatic heterocycles. The number of carbonyl (C=O) groups is 4. The Bertz CT molecular complexity index is 1640. The topological polar surface area (TPSA) is 172 Å². The van der Waals surface area contributed by atoms with Crippen molar-refractivity contribution in [2.45, 2.75) is 94.5 Å². The van der Waals surface area contributed by atoms with Crippen LogP contribution < -0.4 is 4.90 Å². The van der Waals surface area contributed by atoms with Crippen molar-refractivity contribution in [1.29, 1.82) is 0 Å². The number of ether oxygens (including phenoxy) is 4. The molecule has 1 aromatic rings. The van der Waals surface area contributed by atoms with E-state index >= 15 is 0 Å². The van der Waals surface area contributed by atoms with E-state index in [9.17, 15) is 34.5 Å². The van der Waals surface area contributed by atoms with E-state index in [1.54, 1.807) is 38.3 Å². The molecule has 50 heavy (non-hydrogen) atoms. The van der Waals surface area contributed by atoms with Gasteiger partial charge in [-0.05, 0) is 43.9 Å². The molecule has 7 bridgehead atoms. The van der Waals surface area contributed by atoms with Gasteiger partial charge in [0.25, 0.3) is 0 Å². The van der Waals surface area contributed by atoms with Crippen LogP contribution >= 0.6 is 0 Å². The third kappa shape index (κ3) is 3.94. The molecule has 13 heteroatoms. The Morgan fingerprint density at radius 3 is 2.48 bits per heavy atom. The number of likely N-dealkylation sites (N-methyl/N-ethyl adjacent to an activating group) is 1. The average molecular weight is 697 g/mol. The predicted molar refractivity (Wildman–Crippen MR) is 174 cm³/mol. The molecule has 8 rings (SSSR count). The second-order valence-corrected chi connectivity index (χ2v) is 16.1. The molecule has 1 aromatic carbocycles. The van der Waals surface area contributed by atoms with Crippen LogP contribution in [0, 0.1) is 40.4 Å². The van der Waals surface area contributed by atoms with Crippen molar-refractivity contribution in [2.24, 2.45) is 40.4 Å². The number of aliphatic hydroxyl groups is 3. The lowest BCUT2D eigenvalue weighted by molar-refractivity contribution is -0.318. The first-order valence-electron chi connectivity index (χ1n) is 18.0. The van der Waals surface area contributed by atoms with Gasteiger partial charge in [0.2, 0.25) is 11.8 Å². The summed E-state index contributed by atoms with van der Waals surface area (Å²) in [7, 11) is 3.19. The number of anilines is 1. The molecule has 14 atom stereocenters. The summed E-state index contributed by atoms with van der Waals surface area (Å²) in [5.74, 6) is -4.33. The Labute approximate surface area is 291 Å². The van der Waals surface area contributed by atoms with E-state index in [4.69, 9.17) is 18.9 Å². The molecule has 3 N–H and O–H groups in total. The fraction of sp³-hybridized carbons (Fsp3) is 0.730. The van der Waals surface area contributed by atoms with Crippen LogP contribution in [0.5, 0.6) is 0 Å². The molecule has 2 heterocycles. The van der Waals surface area contributed by atoms with Crippen molar-refractivity contribution in [3.63, 3.8) is 0 Å². The van der Waals surface area contributed by atoms with Gasteiger partial charge < -0.3 is 34.3 Å². The number of hydrogen-bond donors (Lipinski definition) is 3. The minimum absolute atomic E-state index is 0.0360. The van der Waals surface area contributed by atoms with Gasteiger partial charge in [0.1, 0.15) is 17.3 Å². The van der Waals surface area contributed by atoms with Gasteiger partial charge in [-0.25, -0.2) is 9.69 Å². The average Bonchev–Trinajstić information content (AvgIpc) is 3.58. The van der Waals surface area contributed by atoms with Gasteiger partial charge in [-0.2, -0.15) is 0 Å². The van der Waals surface area contributed by atoms with Crippen LogP contribution in [-0.2, 0) is 33.3 Å². The van der Waals surface area contributed by atoms with Crippen LogP contribution in [0.15, 0.2) is 24.3 Å². The maximum atomic E-state index is 14.0. The number of esters is 2. The molecule has 272 valence electrons. The minimum atomic E-state index is -1.90. The van der Waals surface area contributed by atoms with Crippen LogP contribution in [0.2, 0.25) is 0 Å². The maximum Gasteiger partial charge on any atom is 0.340 e. The predicted octanol–water partition coefficient (Wildman–Crippen LogP) is 1.30. The number of fused-ring (bicyclic) bond motifs is 2. The van der Waals surface area contributed by atoms with Crippen LogP contribution in [-0.4, -0.2) is 120 Å². The monoisotopic (exact) mass is 696 g/mol. The second-order valence-electron chi connectivity index (χ2n) is 16.1. The van der Waals surface area contributed by atoms with Crippen molar-refractivity contribution in [3.05, 3.63) is 29.8 Å². The highest BCUT2D eigenvalue weighted by Gasteiger charge is 2.91. The molecular weight excluding hydrogens is 648 g/mol. The van der Waals surface area contributed by atoms with Gasteiger partial charge in [-0.3, -0.25) is 19.3 Å². The Kier molecular flexibility index (Phi) is 7.71. The van der Waals surface area contributed by atoms with Gasteiger partial charge in [-0.1, -0.05) is 26.0 Å². The van der Waals surface area contributed by atoms with Crippen molar-refractivity contribution in [1.82, 2.24) is 4.90 Å². The van der Waals surface area contributed by atoms with Crippen molar-refractivity contribution in [3.8, 4) is 0 Å². The van der Waals surface area contributed by atoms with Gasteiger partial charge in [-0.15, -0.1) is 0 Å². The summed E-state index contributed by atoms with van der Waals surface area (Å²) in [5.41, 5.74) is -5.03. The summed E-state index contributed by atoms with van der Waals surface area (Å²) in [5, 5.41) is 38.2. The van der Waals surface area contributed by atoms with E-state index in [2.05, 4.69) is 4.90 Å². The van der Waals surface area contributed by atoms with E-state index in [1.807, 2.05) is 6.92 Å². The Balaban J connectivity index is 1.22. The number of benzene rings is 1. The third-order valence-corrected chi connectivity index (χ3v) is 14.3. The first kappa shape index (κ1) is 34.2. The third-order valence-electron chi connectivity index (χ3n) is 14.3. The molecule has 7 fully saturated rings. The Hall–Kier alpha value is -2.94. The highest BCUT2D eigenvalue weighted by Crippen LogP contribution is 2.80. The normalized spacial score (nSPS) is 47.1. The number of carbonyl (C=O) groups excluding carboxylic acids is 4. The van der Waals surface area contributed by atoms with Crippen LogP contribution in [0.3, 0.4) is 0 Å².